The number of nitrogens with one attached hydrogen (secondary N) is 1. The van der Waals surface area contributed by atoms with Crippen molar-refractivity contribution in [2.24, 2.45) is 0 Å². The number of rotatable bonds is 7. The van der Waals surface area contributed by atoms with Gasteiger partial charge in [0.25, 0.3) is 5.91 Å². The Morgan fingerprint density at radius 2 is 1.73 bits per heavy atom. The SMILES string of the molecule is COc1ccc(C(=O)NC(C)c2ccc(F)cc2)cc1COc1ccc(C)c(C)c1. The van der Waals surface area contributed by atoms with E-state index in [1.54, 1.807) is 37.4 Å². The lowest BCUT2D eigenvalue weighted by molar-refractivity contribution is 0.0939. The average Bonchev–Trinajstić information content (AvgIpc) is 2.74. The minimum absolute atomic E-state index is 0.220. The summed E-state index contributed by atoms with van der Waals surface area (Å²) in [6, 6.07) is 17.0. The molecule has 0 bridgehead atoms. The van der Waals surface area contributed by atoms with Gasteiger partial charge in [0.05, 0.1) is 13.2 Å². The molecule has 1 N–H and O–H groups in total. The van der Waals surface area contributed by atoms with Gasteiger partial charge < -0.3 is 14.8 Å². The number of benzene rings is 3. The smallest absolute Gasteiger partial charge is 0.251 e. The van der Waals surface area contributed by atoms with E-state index in [1.807, 2.05) is 32.0 Å². The Kier molecular flexibility index (Phi) is 6.72. The summed E-state index contributed by atoms with van der Waals surface area (Å²) >= 11 is 0. The molecule has 0 saturated carbocycles. The molecule has 1 atom stereocenters. The summed E-state index contributed by atoms with van der Waals surface area (Å²) in [6.07, 6.45) is 0. The van der Waals surface area contributed by atoms with Crippen molar-refractivity contribution in [1.82, 2.24) is 5.32 Å². The van der Waals surface area contributed by atoms with E-state index in [-0.39, 0.29) is 24.4 Å². The second-order valence-corrected chi connectivity index (χ2v) is 7.31. The first kappa shape index (κ1) is 21.4. The number of aryl methyl sites for hydroxylation is 2. The van der Waals surface area contributed by atoms with Crippen LogP contribution in [-0.2, 0) is 6.61 Å². The zero-order chi connectivity index (χ0) is 21.7. The first-order valence-electron chi connectivity index (χ1n) is 9.80. The van der Waals surface area contributed by atoms with Gasteiger partial charge in [0.1, 0.15) is 23.9 Å². The molecule has 1 amide bonds. The van der Waals surface area contributed by atoms with Crippen LogP contribution in [0, 0.1) is 19.7 Å². The van der Waals surface area contributed by atoms with E-state index >= 15 is 0 Å². The van der Waals surface area contributed by atoms with Crippen LogP contribution in [0.5, 0.6) is 11.5 Å². The van der Waals surface area contributed by atoms with Gasteiger partial charge in [-0.25, -0.2) is 4.39 Å². The van der Waals surface area contributed by atoms with Gasteiger partial charge in [-0.15, -0.1) is 0 Å². The molecule has 0 aromatic heterocycles. The molecule has 30 heavy (non-hydrogen) atoms. The molecule has 3 aromatic rings. The highest BCUT2D eigenvalue weighted by Crippen LogP contribution is 2.24. The fourth-order valence-electron chi connectivity index (χ4n) is 3.11. The van der Waals surface area contributed by atoms with Gasteiger partial charge in [-0.1, -0.05) is 18.2 Å². The number of amides is 1. The van der Waals surface area contributed by atoms with Crippen LogP contribution in [-0.4, -0.2) is 13.0 Å². The molecule has 156 valence electrons. The summed E-state index contributed by atoms with van der Waals surface area (Å²) in [5, 5.41) is 2.94. The van der Waals surface area contributed by atoms with E-state index in [0.717, 1.165) is 22.4 Å². The van der Waals surface area contributed by atoms with Gasteiger partial charge >= 0.3 is 0 Å². The predicted octanol–water partition coefficient (Wildman–Crippen LogP) is 5.52. The average molecular weight is 407 g/mol. The second kappa shape index (κ2) is 9.44. The standard InChI is InChI=1S/C25H26FNO3/c1-16-5-11-23(13-17(16)2)30-15-21-14-20(8-12-24(21)29-4)25(28)27-18(3)19-6-9-22(26)10-7-19/h5-14,18H,15H2,1-4H3,(H,27,28). The third kappa shape index (κ3) is 5.17. The lowest BCUT2D eigenvalue weighted by Gasteiger charge is -2.16. The van der Waals surface area contributed by atoms with E-state index in [0.29, 0.717) is 11.3 Å². The van der Waals surface area contributed by atoms with E-state index in [1.165, 1.54) is 17.7 Å². The van der Waals surface area contributed by atoms with Gasteiger partial charge in [-0.2, -0.15) is 0 Å². The molecule has 0 spiro atoms. The first-order valence-corrected chi connectivity index (χ1v) is 9.80. The highest BCUT2D eigenvalue weighted by molar-refractivity contribution is 5.94. The van der Waals surface area contributed by atoms with Crippen LogP contribution in [0.4, 0.5) is 4.39 Å². The number of methoxy groups -OCH3 is 1. The number of hydrogen-bond donors (Lipinski definition) is 1. The lowest BCUT2D eigenvalue weighted by Crippen LogP contribution is -2.26. The summed E-state index contributed by atoms with van der Waals surface area (Å²) in [5.41, 5.74) is 4.47. The van der Waals surface area contributed by atoms with E-state index in [4.69, 9.17) is 9.47 Å². The van der Waals surface area contributed by atoms with Crippen LogP contribution in [0.1, 0.15) is 45.6 Å². The Bertz CT molecular complexity index is 1030. The molecule has 0 fully saturated rings. The third-order valence-electron chi connectivity index (χ3n) is 5.13. The molecule has 4 nitrogen and oxygen atoms in total. The topological polar surface area (TPSA) is 47.6 Å². The largest absolute Gasteiger partial charge is 0.496 e. The van der Waals surface area contributed by atoms with Crippen molar-refractivity contribution >= 4 is 5.91 Å². The summed E-state index contributed by atoms with van der Waals surface area (Å²) in [5.74, 6) is 0.893. The normalized spacial score (nSPS) is 11.6. The molecule has 0 saturated heterocycles. The number of hydrogen-bond acceptors (Lipinski definition) is 3. The summed E-state index contributed by atoms with van der Waals surface area (Å²) < 4.78 is 24.5. The van der Waals surface area contributed by atoms with Crippen molar-refractivity contribution in [1.29, 1.82) is 0 Å². The zero-order valence-corrected chi connectivity index (χ0v) is 17.7. The minimum atomic E-state index is -0.305. The van der Waals surface area contributed by atoms with Crippen LogP contribution in [0.2, 0.25) is 0 Å². The van der Waals surface area contributed by atoms with Crippen LogP contribution in [0.15, 0.2) is 60.7 Å². The van der Waals surface area contributed by atoms with Gasteiger partial charge in [0, 0.05) is 11.1 Å². The van der Waals surface area contributed by atoms with Crippen LogP contribution >= 0.6 is 0 Å². The number of ether oxygens (including phenoxy) is 2. The molecular weight excluding hydrogens is 381 g/mol. The summed E-state index contributed by atoms with van der Waals surface area (Å²) in [4.78, 5) is 12.7. The fraction of sp³-hybridized carbons (Fsp3) is 0.240. The van der Waals surface area contributed by atoms with Gasteiger partial charge in [-0.3, -0.25) is 4.79 Å². The van der Waals surface area contributed by atoms with E-state index in [2.05, 4.69) is 12.2 Å². The van der Waals surface area contributed by atoms with Gasteiger partial charge in [0.2, 0.25) is 0 Å². The van der Waals surface area contributed by atoms with Gasteiger partial charge in [0.15, 0.2) is 0 Å². The van der Waals surface area contributed by atoms with Crippen LogP contribution in [0.3, 0.4) is 0 Å². The molecule has 1 unspecified atom stereocenters. The molecule has 5 heteroatoms. The van der Waals surface area contributed by atoms with Crippen molar-refractivity contribution in [3.8, 4) is 11.5 Å². The second-order valence-electron chi connectivity index (χ2n) is 7.31. The predicted molar refractivity (Wildman–Crippen MR) is 116 cm³/mol. The molecule has 0 aliphatic carbocycles. The zero-order valence-electron chi connectivity index (χ0n) is 17.7. The Hall–Kier alpha value is -3.34. The number of carbonyl (C=O) groups is 1. The van der Waals surface area contributed by atoms with Gasteiger partial charge in [-0.05, 0) is 79.9 Å². The molecule has 3 aromatic carbocycles. The monoisotopic (exact) mass is 407 g/mol. The lowest BCUT2D eigenvalue weighted by atomic mass is 10.1. The summed E-state index contributed by atoms with van der Waals surface area (Å²) in [6.45, 7) is 6.23. The third-order valence-corrected chi connectivity index (χ3v) is 5.13. The minimum Gasteiger partial charge on any atom is -0.496 e. The summed E-state index contributed by atoms with van der Waals surface area (Å²) in [7, 11) is 1.59. The Morgan fingerprint density at radius 3 is 2.40 bits per heavy atom. The Balaban J connectivity index is 1.73. The molecule has 0 aliphatic rings. The number of carbonyl (C=O) groups excluding carboxylic acids is 1. The van der Waals surface area contributed by atoms with Crippen molar-refractivity contribution in [3.63, 3.8) is 0 Å². The van der Waals surface area contributed by atoms with E-state index in [9.17, 15) is 9.18 Å². The van der Waals surface area contributed by atoms with E-state index < -0.39 is 0 Å². The quantitative estimate of drug-likeness (QED) is 0.561. The Labute approximate surface area is 176 Å². The maximum Gasteiger partial charge on any atom is 0.251 e. The maximum absolute atomic E-state index is 13.1. The van der Waals surface area contributed by atoms with Crippen molar-refractivity contribution < 1.29 is 18.7 Å². The maximum atomic E-state index is 13.1. The molecule has 3 rings (SSSR count). The molecule has 0 radical (unpaired) electrons. The van der Waals surface area contributed by atoms with Crippen LogP contribution < -0.4 is 14.8 Å². The van der Waals surface area contributed by atoms with Crippen molar-refractivity contribution in [2.75, 3.05) is 7.11 Å². The van der Waals surface area contributed by atoms with Crippen molar-refractivity contribution in [2.45, 2.75) is 33.4 Å². The Morgan fingerprint density at radius 1 is 1.00 bits per heavy atom. The first-order chi connectivity index (χ1) is 14.4. The van der Waals surface area contributed by atoms with Crippen LogP contribution in [0.25, 0.3) is 0 Å². The molecule has 0 heterocycles. The highest BCUT2D eigenvalue weighted by Gasteiger charge is 2.14. The molecular formula is C25H26FNO3. The number of halogens is 1. The fourth-order valence-corrected chi connectivity index (χ4v) is 3.11. The molecule has 0 aliphatic heterocycles. The van der Waals surface area contributed by atoms with Crippen molar-refractivity contribution in [3.05, 3.63) is 94.3 Å². The highest BCUT2D eigenvalue weighted by atomic mass is 19.1.